The van der Waals surface area contributed by atoms with Crippen molar-refractivity contribution in [3.63, 3.8) is 0 Å². The van der Waals surface area contributed by atoms with E-state index in [0.717, 1.165) is 12.1 Å². The van der Waals surface area contributed by atoms with Gasteiger partial charge in [-0.15, -0.1) is 13.2 Å². The second kappa shape index (κ2) is 12.9. The minimum Gasteiger partial charge on any atom is -0.497 e. The van der Waals surface area contributed by atoms with Crippen LogP contribution in [-0.4, -0.2) is 46.8 Å². The second-order valence-corrected chi connectivity index (χ2v) is 13.0. The summed E-state index contributed by atoms with van der Waals surface area (Å²) in [6, 6.07) is 18.6. The Labute approximate surface area is 268 Å². The van der Waals surface area contributed by atoms with Crippen LogP contribution in [0.1, 0.15) is 24.4 Å². The summed E-state index contributed by atoms with van der Waals surface area (Å²) in [7, 11) is -0.427. The van der Waals surface area contributed by atoms with Crippen molar-refractivity contribution >= 4 is 37.6 Å². The van der Waals surface area contributed by atoms with E-state index in [-0.39, 0.29) is 24.8 Å². The summed E-state index contributed by atoms with van der Waals surface area (Å²) >= 11 is 0. The van der Waals surface area contributed by atoms with Gasteiger partial charge in [0.1, 0.15) is 28.9 Å². The minimum atomic E-state index is -4.86. The van der Waals surface area contributed by atoms with Crippen LogP contribution in [0.4, 0.5) is 27.6 Å². The number of ether oxygens (including phenoxy) is 3. The highest BCUT2D eigenvalue weighted by Crippen LogP contribution is 2.37. The van der Waals surface area contributed by atoms with E-state index in [4.69, 9.17) is 9.47 Å². The first-order valence-electron chi connectivity index (χ1n) is 14.7. The quantitative estimate of drug-likeness (QED) is 0.160. The van der Waals surface area contributed by atoms with Crippen LogP contribution in [0, 0.1) is 11.6 Å². The Morgan fingerprint density at radius 1 is 0.872 bits per heavy atom. The third-order valence-corrected chi connectivity index (χ3v) is 10.1. The van der Waals surface area contributed by atoms with Gasteiger partial charge in [0, 0.05) is 58.3 Å². The number of alkyl halides is 3. The summed E-state index contributed by atoms with van der Waals surface area (Å²) in [6.07, 6.45) is -3.55. The molecular formula is C33H31F5N4O4S. The molecule has 248 valence electrons. The first-order valence-corrected chi connectivity index (χ1v) is 16.1. The van der Waals surface area contributed by atoms with Crippen LogP contribution >= 0.6 is 0 Å². The van der Waals surface area contributed by atoms with E-state index in [0.29, 0.717) is 58.3 Å². The number of rotatable bonds is 9. The van der Waals surface area contributed by atoms with Crippen molar-refractivity contribution in [1.29, 1.82) is 0 Å². The van der Waals surface area contributed by atoms with E-state index in [1.54, 1.807) is 34.6 Å². The molecule has 1 N–H and O–H groups in total. The van der Waals surface area contributed by atoms with Gasteiger partial charge in [-0.3, -0.25) is 4.72 Å². The largest absolute Gasteiger partial charge is 0.573 e. The summed E-state index contributed by atoms with van der Waals surface area (Å²) in [6.45, 7) is 0.614. The second-order valence-electron chi connectivity index (χ2n) is 11.0. The lowest BCUT2D eigenvalue weighted by Gasteiger charge is -2.36. The number of anilines is 1. The molecule has 2 heterocycles. The van der Waals surface area contributed by atoms with Crippen LogP contribution < -0.4 is 18.9 Å². The summed E-state index contributed by atoms with van der Waals surface area (Å²) < 4.78 is 108. The molecule has 5 aromatic rings. The van der Waals surface area contributed by atoms with Gasteiger partial charge >= 0.3 is 6.36 Å². The molecule has 1 aliphatic heterocycles. The molecule has 6 rings (SSSR count). The molecule has 4 aromatic carbocycles. The Bertz CT molecular complexity index is 1980. The Balaban J connectivity index is 1.39. The topological polar surface area (TPSA) is 77.3 Å². The van der Waals surface area contributed by atoms with E-state index < -0.39 is 33.8 Å². The van der Waals surface area contributed by atoms with Crippen molar-refractivity contribution < 1.29 is 40.4 Å². The molecule has 1 aromatic heterocycles. The number of fused-ring (bicyclic) bond motifs is 3. The first-order chi connectivity index (χ1) is 22.5. The van der Waals surface area contributed by atoms with Gasteiger partial charge in [-0.1, -0.05) is 0 Å². The standard InChI is InChI=1S/C33H31F5N4O4S/c1-44-27-10-5-21(32(18-27)45-2)19-39-47(43,40-24-8-11-26(12-9-24)46-33(36,37)38)41-15-3-4-25(20-41)42-30-13-6-22(34)16-28(30)29-17-23(35)7-14-31(29)42/h5-14,16-18,25H,3-4,15,19-20H2,1-2H3,(H,39,40,43). The minimum absolute atomic E-state index is 0.0244. The van der Waals surface area contributed by atoms with Gasteiger partial charge in [0.05, 0.1) is 20.8 Å². The van der Waals surface area contributed by atoms with Crippen LogP contribution in [0.3, 0.4) is 0 Å². The predicted molar refractivity (Wildman–Crippen MR) is 170 cm³/mol. The lowest BCUT2D eigenvalue weighted by atomic mass is 10.1. The van der Waals surface area contributed by atoms with Crippen molar-refractivity contribution in [2.45, 2.75) is 31.8 Å². The Kier molecular flexibility index (Phi) is 8.90. The SMILES string of the molecule is COc1ccc(CN=S(=O)(Nc2ccc(OC(F)(F)F)cc2)N2CCCC(n3c4ccc(F)cc4c4cc(F)ccc43)C2)c(OC)c1. The molecule has 2 unspecified atom stereocenters. The summed E-state index contributed by atoms with van der Waals surface area (Å²) in [5.74, 6) is -0.276. The number of piperidine rings is 1. The number of aromatic nitrogens is 1. The zero-order valence-electron chi connectivity index (χ0n) is 25.4. The van der Waals surface area contributed by atoms with Crippen LogP contribution in [0.2, 0.25) is 0 Å². The van der Waals surface area contributed by atoms with Gasteiger partial charge in [-0.05, 0) is 85.6 Å². The molecule has 14 heteroatoms. The highest BCUT2D eigenvalue weighted by Gasteiger charge is 2.32. The number of hydrogen-bond donors (Lipinski definition) is 1. The fourth-order valence-electron chi connectivity index (χ4n) is 5.94. The highest BCUT2D eigenvalue weighted by atomic mass is 32.2. The van der Waals surface area contributed by atoms with Crippen molar-refractivity contribution in [2.24, 2.45) is 4.36 Å². The van der Waals surface area contributed by atoms with E-state index in [2.05, 4.69) is 13.8 Å². The van der Waals surface area contributed by atoms with Crippen molar-refractivity contribution in [1.82, 2.24) is 8.87 Å². The molecule has 47 heavy (non-hydrogen) atoms. The fourth-order valence-corrected chi connectivity index (χ4v) is 7.81. The Hall–Kier alpha value is -4.56. The van der Waals surface area contributed by atoms with Crippen LogP contribution in [-0.2, 0) is 16.6 Å². The van der Waals surface area contributed by atoms with Crippen LogP contribution in [0.5, 0.6) is 17.2 Å². The molecule has 1 saturated heterocycles. The maximum atomic E-state index is 14.9. The molecule has 0 aliphatic carbocycles. The van der Waals surface area contributed by atoms with Gasteiger partial charge in [0.25, 0.3) is 0 Å². The molecule has 2 atom stereocenters. The van der Waals surface area contributed by atoms with Crippen molar-refractivity contribution in [2.75, 3.05) is 32.0 Å². The summed E-state index contributed by atoms with van der Waals surface area (Å²) in [5, 5.41) is 1.13. The molecule has 0 saturated carbocycles. The molecule has 0 bridgehead atoms. The Morgan fingerprint density at radius 3 is 2.11 bits per heavy atom. The summed E-state index contributed by atoms with van der Waals surface area (Å²) in [5.41, 5.74) is 2.31. The van der Waals surface area contributed by atoms with Crippen molar-refractivity contribution in [3.8, 4) is 17.2 Å². The number of hydrogen-bond acceptors (Lipinski definition) is 5. The monoisotopic (exact) mass is 674 g/mol. The molecule has 1 aliphatic rings. The number of halogens is 5. The Morgan fingerprint density at radius 2 is 1.51 bits per heavy atom. The van der Waals surface area contributed by atoms with Gasteiger partial charge in [0.2, 0.25) is 0 Å². The number of nitrogens with zero attached hydrogens (tertiary/aromatic N) is 3. The maximum Gasteiger partial charge on any atom is 0.573 e. The van der Waals surface area contributed by atoms with E-state index in [1.165, 1.54) is 50.6 Å². The van der Waals surface area contributed by atoms with Crippen LogP contribution in [0.15, 0.2) is 83.2 Å². The first kappa shape index (κ1) is 32.4. The normalized spacial score (nSPS) is 17.0. The molecule has 0 radical (unpaired) electrons. The number of methoxy groups -OCH3 is 2. The predicted octanol–water partition coefficient (Wildman–Crippen LogP) is 8.24. The average Bonchev–Trinajstić information content (AvgIpc) is 3.36. The highest BCUT2D eigenvalue weighted by molar-refractivity contribution is 7.92. The van der Waals surface area contributed by atoms with Gasteiger partial charge < -0.3 is 18.8 Å². The van der Waals surface area contributed by atoms with Gasteiger partial charge in [0.15, 0.2) is 10.1 Å². The molecule has 0 amide bonds. The molecule has 0 spiro atoms. The van der Waals surface area contributed by atoms with E-state index >= 15 is 0 Å². The lowest BCUT2D eigenvalue weighted by Crippen LogP contribution is -2.43. The number of nitrogens with one attached hydrogen (secondary N) is 1. The molecule has 1 fully saturated rings. The zero-order chi connectivity index (χ0) is 33.3. The number of benzene rings is 4. The van der Waals surface area contributed by atoms with E-state index in [1.807, 2.05) is 4.57 Å². The van der Waals surface area contributed by atoms with Crippen molar-refractivity contribution in [3.05, 3.63) is 96.1 Å². The fraction of sp³-hybridized carbons (Fsp3) is 0.273. The smallest absolute Gasteiger partial charge is 0.497 e. The zero-order valence-corrected chi connectivity index (χ0v) is 26.2. The third-order valence-electron chi connectivity index (χ3n) is 8.04. The lowest BCUT2D eigenvalue weighted by molar-refractivity contribution is -0.274. The van der Waals surface area contributed by atoms with Crippen LogP contribution in [0.25, 0.3) is 21.8 Å². The van der Waals surface area contributed by atoms with Gasteiger partial charge in [-0.25, -0.2) is 17.4 Å². The third kappa shape index (κ3) is 6.93. The maximum absolute atomic E-state index is 14.9. The van der Waals surface area contributed by atoms with Gasteiger partial charge in [-0.2, -0.15) is 4.31 Å². The van der Waals surface area contributed by atoms with E-state index in [9.17, 15) is 26.2 Å². The average molecular weight is 675 g/mol. The molecular weight excluding hydrogens is 643 g/mol. The summed E-state index contributed by atoms with van der Waals surface area (Å²) in [4.78, 5) is 0. The molecule has 8 nitrogen and oxygen atoms in total.